The molecule has 21 heavy (non-hydrogen) atoms. The first-order chi connectivity index (χ1) is 10.0. The van der Waals surface area contributed by atoms with Crippen LogP contribution in [0.25, 0.3) is 0 Å². The molecule has 0 saturated heterocycles. The summed E-state index contributed by atoms with van der Waals surface area (Å²) in [6.45, 7) is 0.598. The Bertz CT molecular complexity index is 550. The molecule has 7 heteroatoms. The molecular weight excluding hydrogens is 340 g/mol. The van der Waals surface area contributed by atoms with Crippen molar-refractivity contribution in [2.24, 2.45) is 5.92 Å². The number of ether oxygens (including phenoxy) is 1. The van der Waals surface area contributed by atoms with Gasteiger partial charge in [0.15, 0.2) is 5.75 Å². The van der Waals surface area contributed by atoms with Crippen LogP contribution in [-0.2, 0) is 0 Å². The molecular formula is C14H17BrN2O4. The van der Waals surface area contributed by atoms with Gasteiger partial charge in [-0.3, -0.25) is 14.9 Å². The highest BCUT2D eigenvalue weighted by Gasteiger charge is 2.23. The van der Waals surface area contributed by atoms with Crippen molar-refractivity contribution >= 4 is 27.5 Å². The highest BCUT2D eigenvalue weighted by atomic mass is 79.9. The summed E-state index contributed by atoms with van der Waals surface area (Å²) in [4.78, 5) is 23.0. The van der Waals surface area contributed by atoms with Crippen LogP contribution in [0, 0.1) is 16.0 Å². The van der Waals surface area contributed by atoms with Gasteiger partial charge in [-0.2, -0.15) is 0 Å². The average molecular weight is 357 g/mol. The van der Waals surface area contributed by atoms with Crippen LogP contribution in [0.1, 0.15) is 29.6 Å². The van der Waals surface area contributed by atoms with Crippen molar-refractivity contribution in [3.8, 4) is 5.75 Å². The third-order valence-corrected chi connectivity index (χ3v) is 4.50. The van der Waals surface area contributed by atoms with Crippen molar-refractivity contribution in [1.29, 1.82) is 0 Å². The van der Waals surface area contributed by atoms with Gasteiger partial charge in [0.25, 0.3) is 5.91 Å². The molecule has 0 bridgehead atoms. The van der Waals surface area contributed by atoms with Crippen LogP contribution in [0.2, 0.25) is 0 Å². The third-order valence-electron chi connectivity index (χ3n) is 3.67. The van der Waals surface area contributed by atoms with Crippen molar-refractivity contribution < 1.29 is 14.5 Å². The standard InChI is InChI=1S/C14H17BrN2O4/c1-21-13-5-3-10(7-12(13)17(19)20)14(18)16-8-9-2-4-11(15)6-9/h3,5,7,9,11H,2,4,6,8H2,1H3,(H,16,18). The third kappa shape index (κ3) is 3.93. The molecule has 0 heterocycles. The molecule has 6 nitrogen and oxygen atoms in total. The lowest BCUT2D eigenvalue weighted by molar-refractivity contribution is -0.385. The second-order valence-electron chi connectivity index (χ2n) is 5.13. The zero-order chi connectivity index (χ0) is 15.4. The molecule has 1 aliphatic carbocycles. The topological polar surface area (TPSA) is 81.5 Å². The molecule has 1 N–H and O–H groups in total. The van der Waals surface area contributed by atoms with E-state index in [1.54, 1.807) is 0 Å². The number of carbonyl (C=O) groups excluding carboxylic acids is 1. The zero-order valence-electron chi connectivity index (χ0n) is 11.7. The molecule has 0 spiro atoms. The van der Waals surface area contributed by atoms with Crippen molar-refractivity contribution in [1.82, 2.24) is 5.32 Å². The van der Waals surface area contributed by atoms with Crippen LogP contribution in [0.3, 0.4) is 0 Å². The molecule has 2 unspecified atom stereocenters. The fourth-order valence-corrected chi connectivity index (χ4v) is 3.31. The maximum Gasteiger partial charge on any atom is 0.311 e. The van der Waals surface area contributed by atoms with Crippen molar-refractivity contribution in [3.63, 3.8) is 0 Å². The Morgan fingerprint density at radius 3 is 2.86 bits per heavy atom. The maximum atomic E-state index is 12.1. The van der Waals surface area contributed by atoms with E-state index in [9.17, 15) is 14.9 Å². The van der Waals surface area contributed by atoms with Crippen molar-refractivity contribution in [3.05, 3.63) is 33.9 Å². The molecule has 0 aromatic heterocycles. The number of hydrogen-bond acceptors (Lipinski definition) is 4. The number of amides is 1. The minimum absolute atomic E-state index is 0.148. The van der Waals surface area contributed by atoms with E-state index in [2.05, 4.69) is 21.2 Å². The number of nitro benzene ring substituents is 1. The second kappa shape index (κ2) is 6.89. The molecule has 1 aromatic rings. The SMILES string of the molecule is COc1ccc(C(=O)NCC2CCC(Br)C2)cc1[N+](=O)[O-]. The van der Waals surface area contributed by atoms with Crippen LogP contribution in [-0.4, -0.2) is 29.3 Å². The van der Waals surface area contributed by atoms with Gasteiger partial charge in [-0.05, 0) is 37.3 Å². The van der Waals surface area contributed by atoms with Crippen LogP contribution in [0.5, 0.6) is 5.75 Å². The smallest absolute Gasteiger partial charge is 0.311 e. The van der Waals surface area contributed by atoms with E-state index in [0.717, 1.165) is 19.3 Å². The lowest BCUT2D eigenvalue weighted by Gasteiger charge is -2.11. The van der Waals surface area contributed by atoms with Crippen LogP contribution >= 0.6 is 15.9 Å². The highest BCUT2D eigenvalue weighted by molar-refractivity contribution is 9.09. The van der Waals surface area contributed by atoms with E-state index >= 15 is 0 Å². The summed E-state index contributed by atoms with van der Waals surface area (Å²) in [5.41, 5.74) is 0.0717. The van der Waals surface area contributed by atoms with E-state index in [4.69, 9.17) is 4.74 Å². The quantitative estimate of drug-likeness (QED) is 0.499. The summed E-state index contributed by atoms with van der Waals surface area (Å²) in [7, 11) is 1.36. The number of nitrogens with zero attached hydrogens (tertiary/aromatic N) is 1. The number of alkyl halides is 1. The number of nitrogens with one attached hydrogen (secondary N) is 1. The number of methoxy groups -OCH3 is 1. The Hall–Kier alpha value is -1.63. The molecule has 1 aromatic carbocycles. The number of halogens is 1. The lowest BCUT2D eigenvalue weighted by Crippen LogP contribution is -2.28. The van der Waals surface area contributed by atoms with Crippen molar-refractivity contribution in [2.75, 3.05) is 13.7 Å². The van der Waals surface area contributed by atoms with Gasteiger partial charge in [0, 0.05) is 23.0 Å². The summed E-state index contributed by atoms with van der Waals surface area (Å²) >= 11 is 3.57. The normalized spacial score (nSPS) is 21.0. The van der Waals surface area contributed by atoms with Crippen LogP contribution in [0.4, 0.5) is 5.69 Å². The Kier molecular flexibility index (Phi) is 5.17. The number of benzene rings is 1. The lowest BCUT2D eigenvalue weighted by atomic mass is 10.1. The fourth-order valence-electron chi connectivity index (χ4n) is 2.51. The number of rotatable bonds is 5. The summed E-state index contributed by atoms with van der Waals surface area (Å²) in [5, 5.41) is 13.8. The van der Waals surface area contributed by atoms with Gasteiger partial charge in [0.1, 0.15) is 0 Å². The number of nitro groups is 1. The molecule has 1 aliphatic rings. The van der Waals surface area contributed by atoms with Gasteiger partial charge in [-0.1, -0.05) is 15.9 Å². The minimum atomic E-state index is -0.554. The average Bonchev–Trinajstić information content (AvgIpc) is 2.89. The van der Waals surface area contributed by atoms with E-state index in [-0.39, 0.29) is 22.9 Å². The van der Waals surface area contributed by atoms with E-state index in [0.29, 0.717) is 17.3 Å². The van der Waals surface area contributed by atoms with Crippen LogP contribution in [0.15, 0.2) is 18.2 Å². The number of hydrogen-bond donors (Lipinski definition) is 1. The zero-order valence-corrected chi connectivity index (χ0v) is 13.3. The Morgan fingerprint density at radius 1 is 1.52 bits per heavy atom. The predicted octanol–water partition coefficient (Wildman–Crippen LogP) is 2.90. The van der Waals surface area contributed by atoms with Gasteiger partial charge in [-0.15, -0.1) is 0 Å². The van der Waals surface area contributed by atoms with E-state index in [1.165, 1.54) is 25.3 Å². The summed E-state index contributed by atoms with van der Waals surface area (Å²) in [6.07, 6.45) is 3.25. The van der Waals surface area contributed by atoms with Gasteiger partial charge in [0.05, 0.1) is 12.0 Å². The summed E-state index contributed by atoms with van der Waals surface area (Å²) < 4.78 is 4.92. The molecule has 1 fully saturated rings. The molecule has 1 saturated carbocycles. The first kappa shape index (κ1) is 15.8. The largest absolute Gasteiger partial charge is 0.490 e. The number of carbonyl (C=O) groups is 1. The van der Waals surface area contributed by atoms with Crippen molar-refractivity contribution in [2.45, 2.75) is 24.1 Å². The van der Waals surface area contributed by atoms with E-state index < -0.39 is 4.92 Å². The minimum Gasteiger partial charge on any atom is -0.490 e. The van der Waals surface area contributed by atoms with Gasteiger partial charge in [0.2, 0.25) is 0 Å². The molecule has 114 valence electrons. The molecule has 0 radical (unpaired) electrons. The maximum absolute atomic E-state index is 12.1. The summed E-state index contributed by atoms with van der Waals surface area (Å²) in [6, 6.07) is 4.22. The van der Waals surface area contributed by atoms with Crippen LogP contribution < -0.4 is 10.1 Å². The second-order valence-corrected chi connectivity index (χ2v) is 6.43. The molecule has 0 aliphatic heterocycles. The Balaban J connectivity index is 2.02. The van der Waals surface area contributed by atoms with Gasteiger partial charge < -0.3 is 10.1 Å². The van der Waals surface area contributed by atoms with Gasteiger partial charge in [-0.25, -0.2) is 0 Å². The fraction of sp³-hybridized carbons (Fsp3) is 0.500. The first-order valence-electron chi connectivity index (χ1n) is 6.76. The monoisotopic (exact) mass is 356 g/mol. The molecule has 1 amide bonds. The molecule has 2 atom stereocenters. The summed E-state index contributed by atoms with van der Waals surface area (Å²) in [5.74, 6) is 0.319. The predicted molar refractivity (Wildman–Crippen MR) is 82.0 cm³/mol. The molecule has 2 rings (SSSR count). The Labute approximate surface area is 131 Å². The highest BCUT2D eigenvalue weighted by Crippen LogP contribution is 2.30. The van der Waals surface area contributed by atoms with Gasteiger partial charge >= 0.3 is 5.69 Å². The van der Waals surface area contributed by atoms with E-state index in [1.807, 2.05) is 0 Å². The Morgan fingerprint density at radius 2 is 2.29 bits per heavy atom. The first-order valence-corrected chi connectivity index (χ1v) is 7.67.